The summed E-state index contributed by atoms with van der Waals surface area (Å²) >= 11 is 0. The first-order valence-corrected chi connectivity index (χ1v) is 11.0. The van der Waals surface area contributed by atoms with E-state index in [9.17, 15) is 14.7 Å². The fourth-order valence-electron chi connectivity index (χ4n) is 5.10. The second-order valence-corrected chi connectivity index (χ2v) is 8.50. The van der Waals surface area contributed by atoms with Gasteiger partial charge in [0.05, 0.1) is 0 Å². The van der Waals surface area contributed by atoms with E-state index in [0.29, 0.717) is 13.0 Å². The Labute approximate surface area is 187 Å². The first kappa shape index (κ1) is 20.3. The van der Waals surface area contributed by atoms with E-state index >= 15 is 0 Å². The molecule has 0 saturated carbocycles. The summed E-state index contributed by atoms with van der Waals surface area (Å²) in [6.45, 7) is 0.531. The number of aliphatic carboxylic acids is 1. The van der Waals surface area contributed by atoms with E-state index in [1.807, 2.05) is 54.6 Å². The minimum absolute atomic E-state index is 0.0515. The lowest BCUT2D eigenvalue weighted by Gasteiger charge is -2.37. The molecule has 5 rings (SSSR count). The van der Waals surface area contributed by atoms with Gasteiger partial charge in [0.25, 0.3) is 0 Å². The highest BCUT2D eigenvalue weighted by molar-refractivity contribution is 5.81. The first-order chi connectivity index (χ1) is 15.6. The number of nitrogens with zero attached hydrogens (tertiary/aromatic N) is 1. The van der Waals surface area contributed by atoms with Crippen molar-refractivity contribution in [3.63, 3.8) is 0 Å². The fourth-order valence-corrected chi connectivity index (χ4v) is 5.10. The zero-order valence-corrected chi connectivity index (χ0v) is 17.7. The van der Waals surface area contributed by atoms with Crippen LogP contribution in [0.2, 0.25) is 0 Å². The molecule has 2 aliphatic rings. The van der Waals surface area contributed by atoms with Crippen LogP contribution in [0.5, 0.6) is 0 Å². The smallest absolute Gasteiger partial charge is 0.410 e. The van der Waals surface area contributed by atoms with Gasteiger partial charge in [0.2, 0.25) is 0 Å². The first-order valence-electron chi connectivity index (χ1n) is 11.0. The summed E-state index contributed by atoms with van der Waals surface area (Å²) in [5.74, 6) is -0.929. The van der Waals surface area contributed by atoms with Crippen LogP contribution < -0.4 is 0 Å². The zero-order chi connectivity index (χ0) is 22.1. The molecule has 1 aliphatic heterocycles. The summed E-state index contributed by atoms with van der Waals surface area (Å²) in [4.78, 5) is 26.4. The molecule has 0 radical (unpaired) electrons. The Bertz CT molecular complexity index is 1100. The van der Waals surface area contributed by atoms with Crippen LogP contribution in [0.3, 0.4) is 0 Å². The molecule has 32 heavy (non-hydrogen) atoms. The van der Waals surface area contributed by atoms with Crippen LogP contribution in [0, 0.1) is 0 Å². The highest BCUT2D eigenvalue weighted by Gasteiger charge is 2.38. The van der Waals surface area contributed by atoms with Gasteiger partial charge in [-0.3, -0.25) is 4.90 Å². The highest BCUT2D eigenvalue weighted by Crippen LogP contribution is 2.44. The van der Waals surface area contributed by atoms with E-state index in [4.69, 9.17) is 4.74 Å². The van der Waals surface area contributed by atoms with Gasteiger partial charge >= 0.3 is 12.1 Å². The maximum atomic E-state index is 13.1. The van der Waals surface area contributed by atoms with Crippen LogP contribution in [-0.2, 0) is 9.53 Å². The predicted octanol–water partition coefficient (Wildman–Crippen LogP) is 5.27. The Hall–Kier alpha value is -3.60. The molecule has 0 aromatic heterocycles. The molecule has 3 aromatic rings. The van der Waals surface area contributed by atoms with Gasteiger partial charge in [0.1, 0.15) is 12.6 Å². The van der Waals surface area contributed by atoms with Crippen molar-refractivity contribution >= 4 is 12.1 Å². The molecule has 162 valence electrons. The molecule has 0 unspecified atom stereocenters. The summed E-state index contributed by atoms with van der Waals surface area (Å²) in [6, 6.07) is 25.4. The summed E-state index contributed by atoms with van der Waals surface area (Å²) in [7, 11) is 0. The van der Waals surface area contributed by atoms with E-state index in [1.165, 1.54) is 4.90 Å². The number of hydrogen-bond donors (Lipinski definition) is 1. The monoisotopic (exact) mass is 427 g/mol. The van der Waals surface area contributed by atoms with Gasteiger partial charge in [-0.25, -0.2) is 9.59 Å². The van der Waals surface area contributed by atoms with Crippen molar-refractivity contribution in [2.75, 3.05) is 13.2 Å². The molecule has 1 amide bonds. The maximum absolute atomic E-state index is 13.1. The van der Waals surface area contributed by atoms with Gasteiger partial charge in [-0.1, -0.05) is 78.9 Å². The molecule has 1 heterocycles. The van der Waals surface area contributed by atoms with Crippen LogP contribution in [0.1, 0.15) is 41.4 Å². The van der Waals surface area contributed by atoms with E-state index in [2.05, 4.69) is 24.3 Å². The summed E-state index contributed by atoms with van der Waals surface area (Å²) in [6.07, 6.45) is 0.590. The van der Waals surface area contributed by atoms with Crippen molar-refractivity contribution < 1.29 is 19.4 Å². The molecular weight excluding hydrogens is 402 g/mol. The molecule has 5 heteroatoms. The number of benzene rings is 3. The molecule has 1 N–H and O–H groups in total. The SMILES string of the molecule is O=C(O)[C@H]1CC[C@@H](c2ccccc2)CN1C(=O)OCC1c2ccccc2-c2ccccc21. The molecular formula is C27H25NO4. The molecule has 3 aromatic carbocycles. The van der Waals surface area contributed by atoms with Gasteiger partial charge in [0.15, 0.2) is 0 Å². The minimum Gasteiger partial charge on any atom is -0.480 e. The van der Waals surface area contributed by atoms with Crippen LogP contribution in [0.25, 0.3) is 11.1 Å². The number of fused-ring (bicyclic) bond motifs is 3. The molecule has 2 atom stereocenters. The van der Waals surface area contributed by atoms with E-state index < -0.39 is 18.1 Å². The van der Waals surface area contributed by atoms with E-state index in [1.54, 1.807) is 0 Å². The maximum Gasteiger partial charge on any atom is 0.410 e. The van der Waals surface area contributed by atoms with Crippen LogP contribution in [0.4, 0.5) is 4.79 Å². The number of likely N-dealkylation sites (tertiary alicyclic amines) is 1. The van der Waals surface area contributed by atoms with Gasteiger partial charge in [-0.2, -0.15) is 0 Å². The van der Waals surface area contributed by atoms with Gasteiger partial charge in [-0.05, 0) is 40.7 Å². The quantitative estimate of drug-likeness (QED) is 0.616. The molecule has 0 spiro atoms. The van der Waals surface area contributed by atoms with Crippen LogP contribution in [0.15, 0.2) is 78.9 Å². The lowest BCUT2D eigenvalue weighted by atomic mass is 9.87. The number of piperidine rings is 1. The number of ether oxygens (including phenoxy) is 1. The second-order valence-electron chi connectivity index (χ2n) is 8.50. The van der Waals surface area contributed by atoms with Crippen molar-refractivity contribution in [3.05, 3.63) is 95.6 Å². The standard InChI is InChI=1S/C27H25NO4/c29-26(30)25-15-14-19(18-8-2-1-3-9-18)16-28(25)27(31)32-17-24-22-12-6-4-10-20(22)21-11-5-7-13-23(21)24/h1-13,19,24-25H,14-17H2,(H,29,30)/t19-,25-/m1/s1. The van der Waals surface area contributed by atoms with E-state index in [0.717, 1.165) is 34.2 Å². The molecule has 1 aliphatic carbocycles. The summed E-state index contributed by atoms with van der Waals surface area (Å²) in [5.41, 5.74) is 5.71. The number of carbonyl (C=O) groups is 2. The number of carbonyl (C=O) groups excluding carboxylic acids is 1. The third kappa shape index (κ3) is 3.64. The topological polar surface area (TPSA) is 66.8 Å². The Morgan fingerprint density at radius 3 is 2.06 bits per heavy atom. The Balaban J connectivity index is 1.35. The lowest BCUT2D eigenvalue weighted by molar-refractivity contribution is -0.144. The second kappa shape index (κ2) is 8.50. The third-order valence-electron chi connectivity index (χ3n) is 6.71. The van der Waals surface area contributed by atoms with Gasteiger partial charge in [0, 0.05) is 18.4 Å². The number of carboxylic acid groups (broad SMARTS) is 1. The van der Waals surface area contributed by atoms with Crippen LogP contribution in [-0.4, -0.2) is 41.3 Å². The third-order valence-corrected chi connectivity index (χ3v) is 6.71. The average Bonchev–Trinajstić information content (AvgIpc) is 3.16. The molecule has 1 fully saturated rings. The largest absolute Gasteiger partial charge is 0.480 e. The molecule has 0 bridgehead atoms. The zero-order valence-electron chi connectivity index (χ0n) is 17.7. The van der Waals surface area contributed by atoms with E-state index in [-0.39, 0.29) is 18.4 Å². The fraction of sp³-hybridized carbons (Fsp3) is 0.259. The van der Waals surface area contributed by atoms with Crippen molar-refractivity contribution in [2.45, 2.75) is 30.7 Å². The van der Waals surface area contributed by atoms with Gasteiger partial charge < -0.3 is 9.84 Å². The normalized spacial score (nSPS) is 19.8. The number of rotatable bonds is 4. The van der Waals surface area contributed by atoms with Crippen molar-refractivity contribution in [1.82, 2.24) is 4.90 Å². The summed E-state index contributed by atoms with van der Waals surface area (Å²) < 4.78 is 5.77. The molecule has 5 nitrogen and oxygen atoms in total. The Kier molecular flexibility index (Phi) is 5.39. The highest BCUT2D eigenvalue weighted by atomic mass is 16.6. The molecule has 1 saturated heterocycles. The lowest BCUT2D eigenvalue weighted by Crippen LogP contribution is -2.50. The minimum atomic E-state index is -0.981. The number of amides is 1. The van der Waals surface area contributed by atoms with Gasteiger partial charge in [-0.15, -0.1) is 0 Å². The number of hydrogen-bond acceptors (Lipinski definition) is 3. The van der Waals surface area contributed by atoms with Crippen molar-refractivity contribution in [3.8, 4) is 11.1 Å². The Morgan fingerprint density at radius 1 is 0.844 bits per heavy atom. The predicted molar refractivity (Wildman–Crippen MR) is 122 cm³/mol. The summed E-state index contributed by atoms with van der Waals surface area (Å²) in [5, 5.41) is 9.71. The average molecular weight is 428 g/mol. The Morgan fingerprint density at radius 2 is 1.44 bits per heavy atom. The number of carboxylic acids is 1. The van der Waals surface area contributed by atoms with Crippen molar-refractivity contribution in [2.24, 2.45) is 0 Å². The van der Waals surface area contributed by atoms with Crippen LogP contribution >= 0.6 is 0 Å². The van der Waals surface area contributed by atoms with Crippen molar-refractivity contribution in [1.29, 1.82) is 0 Å².